The SMILES string of the molecule is CNc1ccc2c(c1OC=O)C[C@@H](C)N(CC(F)(F)F)C2c1c(F)cc(N2CC3(CN(CCF)C3)C2)cc1F. The highest BCUT2D eigenvalue weighted by Crippen LogP contribution is 2.47. The molecule has 39 heavy (non-hydrogen) atoms. The molecule has 3 heterocycles. The molecule has 2 saturated heterocycles. The van der Waals surface area contributed by atoms with Crippen molar-refractivity contribution >= 4 is 17.8 Å². The van der Waals surface area contributed by atoms with Crippen LogP contribution in [0.3, 0.4) is 0 Å². The van der Waals surface area contributed by atoms with Crippen molar-refractivity contribution in [3.63, 3.8) is 0 Å². The number of halogens is 6. The number of nitrogens with one attached hydrogen (secondary N) is 1. The zero-order valence-corrected chi connectivity index (χ0v) is 21.6. The maximum Gasteiger partial charge on any atom is 0.401 e. The van der Waals surface area contributed by atoms with Crippen molar-refractivity contribution in [1.29, 1.82) is 0 Å². The van der Waals surface area contributed by atoms with Crippen LogP contribution >= 0.6 is 0 Å². The van der Waals surface area contributed by atoms with E-state index in [2.05, 4.69) is 5.32 Å². The van der Waals surface area contributed by atoms with Crippen LogP contribution in [0.15, 0.2) is 24.3 Å². The zero-order chi connectivity index (χ0) is 28.1. The first kappa shape index (κ1) is 27.6. The van der Waals surface area contributed by atoms with E-state index in [-0.39, 0.29) is 29.6 Å². The third kappa shape index (κ3) is 5.04. The standard InChI is InChI=1S/C27H30F6N4O2/c1-16-7-19-18(3-4-22(34-2)25(19)39-15-38)24(37(16)14-27(31,32)33)23-20(29)8-17(9-21(23)30)36-12-26(13-36)10-35(11-26)6-5-28/h3-4,8-9,15-16,24,34H,5-7,10-14H2,1-2H3/t16-,24?/m1/s1. The Labute approximate surface area is 222 Å². The molecule has 0 radical (unpaired) electrons. The van der Waals surface area contributed by atoms with E-state index in [0.717, 1.165) is 18.0 Å². The number of hydrogen-bond donors (Lipinski definition) is 1. The lowest BCUT2D eigenvalue weighted by molar-refractivity contribution is -0.155. The topological polar surface area (TPSA) is 48.1 Å². The Kier molecular flexibility index (Phi) is 7.21. The summed E-state index contributed by atoms with van der Waals surface area (Å²) in [6, 6.07) is 3.19. The second-order valence-corrected chi connectivity index (χ2v) is 10.8. The van der Waals surface area contributed by atoms with Gasteiger partial charge in [0.25, 0.3) is 6.47 Å². The zero-order valence-electron chi connectivity index (χ0n) is 21.6. The van der Waals surface area contributed by atoms with Gasteiger partial charge < -0.3 is 15.0 Å². The normalized spacial score (nSPS) is 22.7. The summed E-state index contributed by atoms with van der Waals surface area (Å²) < 4.78 is 90.3. The second kappa shape index (κ2) is 10.2. The van der Waals surface area contributed by atoms with Crippen molar-refractivity contribution in [1.82, 2.24) is 9.80 Å². The Hall–Kier alpha value is -2.99. The van der Waals surface area contributed by atoms with Gasteiger partial charge in [-0.3, -0.25) is 14.6 Å². The number of alkyl halides is 4. The van der Waals surface area contributed by atoms with Crippen molar-refractivity contribution in [2.24, 2.45) is 5.41 Å². The number of hydrogen-bond acceptors (Lipinski definition) is 6. The highest BCUT2D eigenvalue weighted by atomic mass is 19.4. The molecule has 0 aromatic heterocycles. The monoisotopic (exact) mass is 556 g/mol. The highest BCUT2D eigenvalue weighted by molar-refractivity contribution is 5.68. The molecule has 12 heteroatoms. The summed E-state index contributed by atoms with van der Waals surface area (Å²) in [5.41, 5.74) is 0.884. The lowest BCUT2D eigenvalue weighted by atomic mass is 9.72. The van der Waals surface area contributed by atoms with Gasteiger partial charge in [-0.05, 0) is 37.1 Å². The van der Waals surface area contributed by atoms with Crippen LogP contribution in [0.25, 0.3) is 0 Å². The van der Waals surface area contributed by atoms with Gasteiger partial charge in [-0.15, -0.1) is 0 Å². The molecule has 3 aliphatic heterocycles. The maximum absolute atomic E-state index is 15.8. The van der Waals surface area contributed by atoms with E-state index in [1.807, 2.05) is 9.80 Å². The van der Waals surface area contributed by atoms with Gasteiger partial charge in [-0.2, -0.15) is 13.2 Å². The number of rotatable bonds is 8. The molecular weight excluding hydrogens is 526 g/mol. The minimum Gasteiger partial charge on any atom is -0.426 e. The number of likely N-dealkylation sites (tertiary alicyclic amines) is 1. The number of benzene rings is 2. The Morgan fingerprint density at radius 1 is 1.13 bits per heavy atom. The molecule has 1 unspecified atom stereocenters. The summed E-state index contributed by atoms with van der Waals surface area (Å²) in [6.07, 6.45) is -4.54. The Morgan fingerprint density at radius 3 is 2.36 bits per heavy atom. The molecule has 0 aliphatic carbocycles. The van der Waals surface area contributed by atoms with Crippen molar-refractivity contribution in [3.8, 4) is 5.75 Å². The number of ether oxygens (including phenoxy) is 1. The molecule has 0 amide bonds. The van der Waals surface area contributed by atoms with Crippen LogP contribution in [0.5, 0.6) is 5.75 Å². The predicted molar refractivity (Wildman–Crippen MR) is 134 cm³/mol. The molecular formula is C27H30F6N4O2. The van der Waals surface area contributed by atoms with Gasteiger partial charge >= 0.3 is 6.18 Å². The van der Waals surface area contributed by atoms with Crippen molar-refractivity contribution in [2.45, 2.75) is 31.6 Å². The van der Waals surface area contributed by atoms with Crippen LogP contribution in [0.2, 0.25) is 0 Å². The van der Waals surface area contributed by atoms with Crippen LogP contribution in [0, 0.1) is 17.0 Å². The summed E-state index contributed by atoms with van der Waals surface area (Å²) in [5.74, 6) is -1.78. The summed E-state index contributed by atoms with van der Waals surface area (Å²) in [5, 5.41) is 2.88. The molecule has 2 aromatic carbocycles. The first-order valence-electron chi connectivity index (χ1n) is 12.8. The van der Waals surface area contributed by atoms with Gasteiger partial charge in [0.15, 0.2) is 5.75 Å². The number of anilines is 2. The van der Waals surface area contributed by atoms with E-state index in [4.69, 9.17) is 4.74 Å². The van der Waals surface area contributed by atoms with Gasteiger partial charge in [0.2, 0.25) is 0 Å². The first-order chi connectivity index (χ1) is 18.5. The van der Waals surface area contributed by atoms with Crippen LogP contribution in [0.1, 0.15) is 29.7 Å². The maximum atomic E-state index is 15.8. The minimum absolute atomic E-state index is 0.0257. The smallest absolute Gasteiger partial charge is 0.401 e. The lowest BCUT2D eigenvalue weighted by Crippen LogP contribution is -2.72. The molecule has 2 atom stereocenters. The third-order valence-corrected chi connectivity index (χ3v) is 8.06. The van der Waals surface area contributed by atoms with Crippen LogP contribution in [0.4, 0.5) is 37.7 Å². The van der Waals surface area contributed by atoms with Crippen LogP contribution < -0.4 is 15.0 Å². The fourth-order valence-electron chi connectivity index (χ4n) is 6.45. The van der Waals surface area contributed by atoms with E-state index in [1.165, 1.54) is 24.3 Å². The average Bonchev–Trinajstić information content (AvgIpc) is 2.80. The summed E-state index contributed by atoms with van der Waals surface area (Å²) in [7, 11) is 1.60. The van der Waals surface area contributed by atoms with E-state index in [1.54, 1.807) is 14.0 Å². The van der Waals surface area contributed by atoms with E-state index < -0.39 is 48.7 Å². The molecule has 0 saturated carbocycles. The van der Waals surface area contributed by atoms with Gasteiger partial charge in [0, 0.05) is 68.0 Å². The van der Waals surface area contributed by atoms with Crippen molar-refractivity contribution in [2.75, 3.05) is 63.2 Å². The molecule has 6 nitrogen and oxygen atoms in total. The molecule has 1 spiro atoms. The van der Waals surface area contributed by atoms with E-state index >= 15 is 8.78 Å². The van der Waals surface area contributed by atoms with Gasteiger partial charge in [0.05, 0.1) is 18.3 Å². The molecule has 2 fully saturated rings. The summed E-state index contributed by atoms with van der Waals surface area (Å²) in [6.45, 7) is 2.91. The van der Waals surface area contributed by atoms with Gasteiger partial charge in [0.1, 0.15) is 18.3 Å². The number of nitrogens with zero attached hydrogens (tertiary/aromatic N) is 3. The molecule has 5 rings (SSSR count). The second-order valence-electron chi connectivity index (χ2n) is 10.8. The third-order valence-electron chi connectivity index (χ3n) is 8.06. The van der Waals surface area contributed by atoms with Crippen LogP contribution in [-0.4, -0.2) is 81.5 Å². The largest absolute Gasteiger partial charge is 0.426 e. The first-order valence-corrected chi connectivity index (χ1v) is 12.8. The molecule has 0 bridgehead atoms. The van der Waals surface area contributed by atoms with E-state index in [9.17, 15) is 22.4 Å². The van der Waals surface area contributed by atoms with E-state index in [0.29, 0.717) is 36.6 Å². The summed E-state index contributed by atoms with van der Waals surface area (Å²) in [4.78, 5) is 16.1. The Morgan fingerprint density at radius 2 is 1.79 bits per heavy atom. The number of carbonyl (C=O) groups is 1. The Balaban J connectivity index is 1.52. The fraction of sp³-hybridized carbons (Fsp3) is 0.519. The molecule has 2 aromatic rings. The molecule has 3 aliphatic rings. The molecule has 1 N–H and O–H groups in total. The van der Waals surface area contributed by atoms with Gasteiger partial charge in [-0.1, -0.05) is 6.07 Å². The van der Waals surface area contributed by atoms with Crippen molar-refractivity contribution in [3.05, 3.63) is 52.6 Å². The minimum atomic E-state index is -4.62. The lowest BCUT2D eigenvalue weighted by Gasteiger charge is -2.61. The number of carbonyl (C=O) groups excluding carboxylic acids is 1. The fourth-order valence-corrected chi connectivity index (χ4v) is 6.45. The van der Waals surface area contributed by atoms with Gasteiger partial charge in [-0.25, -0.2) is 13.2 Å². The highest BCUT2D eigenvalue weighted by Gasteiger charge is 2.52. The van der Waals surface area contributed by atoms with Crippen molar-refractivity contribution < 1.29 is 35.9 Å². The quantitative estimate of drug-likeness (QED) is 0.381. The predicted octanol–water partition coefficient (Wildman–Crippen LogP) is 4.53. The summed E-state index contributed by atoms with van der Waals surface area (Å²) >= 11 is 0. The Bertz CT molecular complexity index is 1220. The number of fused-ring (bicyclic) bond motifs is 1. The average molecular weight is 557 g/mol. The molecule has 212 valence electrons. The van der Waals surface area contributed by atoms with Crippen LogP contribution in [-0.2, 0) is 11.2 Å².